The van der Waals surface area contributed by atoms with Crippen LogP contribution in [-0.4, -0.2) is 31.5 Å². The molecule has 0 spiro atoms. The third kappa shape index (κ3) is 4.44. The molecule has 0 fully saturated rings. The van der Waals surface area contributed by atoms with Gasteiger partial charge in [-0.05, 0) is 0 Å². The molecule has 0 N–H and O–H groups in total. The molecule has 20 heavy (non-hydrogen) atoms. The number of esters is 1. The maximum absolute atomic E-state index is 12.4. The number of hydrogen-bond donors (Lipinski definition) is 0. The predicted molar refractivity (Wildman–Crippen MR) is 62.7 cm³/mol. The van der Waals surface area contributed by atoms with E-state index < -0.39 is 24.5 Å². The molecule has 1 heterocycles. The zero-order valence-corrected chi connectivity index (χ0v) is 11.3. The number of pyridine rings is 1. The average molecular weight is 314 g/mol. The monoisotopic (exact) mass is 313 g/mol. The van der Waals surface area contributed by atoms with Crippen LogP contribution in [0.2, 0.25) is 0 Å². The van der Waals surface area contributed by atoms with Gasteiger partial charge in [-0.15, -0.1) is 24.8 Å². The number of carbonyl (C=O) groups excluding carboxylic acids is 1. The Labute approximate surface area is 117 Å². The molecule has 9 heteroatoms. The maximum Gasteiger partial charge on any atom is 0.573 e. The van der Waals surface area contributed by atoms with E-state index in [0.717, 1.165) is 7.11 Å². The van der Waals surface area contributed by atoms with Gasteiger partial charge in [-0.25, -0.2) is 4.98 Å². The van der Waals surface area contributed by atoms with Crippen LogP contribution >= 0.6 is 11.6 Å². The van der Waals surface area contributed by atoms with Crippen LogP contribution in [0.25, 0.3) is 0 Å². The van der Waals surface area contributed by atoms with Crippen LogP contribution in [0.4, 0.5) is 13.2 Å². The van der Waals surface area contributed by atoms with Crippen LogP contribution in [0.5, 0.6) is 11.6 Å². The first kappa shape index (κ1) is 16.4. The lowest BCUT2D eigenvalue weighted by Gasteiger charge is -2.16. The highest BCUT2D eigenvalue weighted by molar-refractivity contribution is 6.17. The Hall–Kier alpha value is -1.70. The minimum Gasteiger partial charge on any atom is -0.481 e. The molecule has 0 radical (unpaired) electrons. The SMILES string of the molecule is COC(=O)Cc1nc(OC)cc(CCl)c1OC(F)(F)F. The van der Waals surface area contributed by atoms with Crippen molar-refractivity contribution < 1.29 is 32.2 Å². The lowest BCUT2D eigenvalue weighted by molar-refractivity contribution is -0.275. The van der Waals surface area contributed by atoms with Crippen LogP contribution in [0.1, 0.15) is 11.3 Å². The summed E-state index contributed by atoms with van der Waals surface area (Å²) in [4.78, 5) is 15.0. The Morgan fingerprint density at radius 3 is 2.50 bits per heavy atom. The number of ether oxygens (including phenoxy) is 3. The summed E-state index contributed by atoms with van der Waals surface area (Å²) >= 11 is 5.59. The molecule has 1 aromatic rings. The topological polar surface area (TPSA) is 57.7 Å². The van der Waals surface area contributed by atoms with Gasteiger partial charge in [0.15, 0.2) is 5.75 Å². The molecular weight excluding hydrogens is 303 g/mol. The van der Waals surface area contributed by atoms with Gasteiger partial charge in [0, 0.05) is 11.6 Å². The Morgan fingerprint density at radius 1 is 1.40 bits per heavy atom. The van der Waals surface area contributed by atoms with Gasteiger partial charge < -0.3 is 14.2 Å². The second-order valence-electron chi connectivity index (χ2n) is 3.53. The number of carbonyl (C=O) groups is 1. The molecule has 1 rings (SSSR count). The minimum absolute atomic E-state index is 0.00902. The van der Waals surface area contributed by atoms with Crippen LogP contribution < -0.4 is 9.47 Å². The molecule has 5 nitrogen and oxygen atoms in total. The molecule has 0 saturated heterocycles. The largest absolute Gasteiger partial charge is 0.573 e. The summed E-state index contributed by atoms with van der Waals surface area (Å²) in [6, 6.07) is 1.20. The minimum atomic E-state index is -4.93. The fourth-order valence-corrected chi connectivity index (χ4v) is 1.59. The quantitative estimate of drug-likeness (QED) is 0.617. The van der Waals surface area contributed by atoms with Crippen molar-refractivity contribution in [3.8, 4) is 11.6 Å². The molecule has 0 aliphatic rings. The summed E-state index contributed by atoms with van der Waals surface area (Å²) in [5.41, 5.74) is -0.251. The van der Waals surface area contributed by atoms with Crippen molar-refractivity contribution >= 4 is 17.6 Å². The van der Waals surface area contributed by atoms with Crippen molar-refractivity contribution in [2.75, 3.05) is 14.2 Å². The first-order valence-electron chi connectivity index (χ1n) is 5.26. The number of methoxy groups -OCH3 is 2. The van der Waals surface area contributed by atoms with Gasteiger partial charge in [0.2, 0.25) is 5.88 Å². The van der Waals surface area contributed by atoms with Gasteiger partial charge in [0.25, 0.3) is 0 Å². The average Bonchev–Trinajstić information content (AvgIpc) is 2.38. The first-order chi connectivity index (χ1) is 9.30. The molecule has 1 aromatic heterocycles. The number of aromatic nitrogens is 1. The molecule has 0 atom stereocenters. The van der Waals surface area contributed by atoms with Crippen molar-refractivity contribution in [2.24, 2.45) is 0 Å². The normalized spacial score (nSPS) is 11.1. The summed E-state index contributed by atoms with van der Waals surface area (Å²) in [6.45, 7) is 0. The lowest BCUT2D eigenvalue weighted by atomic mass is 10.1. The van der Waals surface area contributed by atoms with Crippen molar-refractivity contribution in [3.63, 3.8) is 0 Å². The highest BCUT2D eigenvalue weighted by Gasteiger charge is 2.34. The summed E-state index contributed by atoms with van der Waals surface area (Å²) < 4.78 is 50.3. The van der Waals surface area contributed by atoms with E-state index in [2.05, 4.69) is 14.5 Å². The van der Waals surface area contributed by atoms with E-state index in [1.54, 1.807) is 0 Å². The summed E-state index contributed by atoms with van der Waals surface area (Å²) in [6.07, 6.45) is -5.43. The standard InChI is InChI=1S/C11H11ClF3NO4/c1-18-8-3-6(5-12)10(20-11(13,14)15)7(16-8)4-9(17)19-2/h3H,4-5H2,1-2H3. The molecule has 0 saturated carbocycles. The Morgan fingerprint density at radius 2 is 2.05 bits per heavy atom. The van der Waals surface area contributed by atoms with Crippen molar-refractivity contribution in [2.45, 2.75) is 18.7 Å². The number of hydrogen-bond acceptors (Lipinski definition) is 5. The van der Waals surface area contributed by atoms with Crippen LogP contribution in [-0.2, 0) is 21.8 Å². The van der Waals surface area contributed by atoms with E-state index in [4.69, 9.17) is 16.3 Å². The summed E-state index contributed by atoms with van der Waals surface area (Å²) in [5, 5.41) is 0. The Kier molecular flexibility index (Phi) is 5.43. The van der Waals surface area contributed by atoms with Gasteiger partial charge in [-0.2, -0.15) is 0 Å². The number of rotatable bonds is 5. The molecule has 0 aliphatic heterocycles. The van der Waals surface area contributed by atoms with E-state index in [-0.39, 0.29) is 23.0 Å². The molecular formula is C11H11ClF3NO4. The van der Waals surface area contributed by atoms with Crippen molar-refractivity contribution in [1.82, 2.24) is 4.98 Å². The maximum atomic E-state index is 12.4. The molecule has 0 aromatic carbocycles. The Bertz CT molecular complexity index is 493. The number of halogens is 4. The molecule has 0 aliphatic carbocycles. The second-order valence-corrected chi connectivity index (χ2v) is 3.80. The van der Waals surface area contributed by atoms with Gasteiger partial charge in [0.05, 0.1) is 32.2 Å². The summed E-state index contributed by atoms with van der Waals surface area (Å²) in [5.74, 6) is -1.62. The highest BCUT2D eigenvalue weighted by atomic mass is 35.5. The fraction of sp³-hybridized carbons (Fsp3) is 0.455. The third-order valence-corrected chi connectivity index (χ3v) is 2.49. The lowest BCUT2D eigenvalue weighted by Crippen LogP contribution is -2.21. The first-order valence-corrected chi connectivity index (χ1v) is 5.79. The molecule has 0 bridgehead atoms. The number of alkyl halides is 4. The van der Waals surface area contributed by atoms with Gasteiger partial charge >= 0.3 is 12.3 Å². The zero-order chi connectivity index (χ0) is 15.3. The Balaban J connectivity index is 3.30. The smallest absolute Gasteiger partial charge is 0.481 e. The second kappa shape index (κ2) is 6.65. The summed E-state index contributed by atoms with van der Waals surface area (Å²) in [7, 11) is 2.39. The van der Waals surface area contributed by atoms with E-state index in [9.17, 15) is 18.0 Å². The van der Waals surface area contributed by atoms with Crippen LogP contribution in [0, 0.1) is 0 Å². The van der Waals surface area contributed by atoms with Crippen LogP contribution in [0.15, 0.2) is 6.07 Å². The zero-order valence-electron chi connectivity index (χ0n) is 10.6. The predicted octanol–water partition coefficient (Wildman–Crippen LogP) is 2.44. The van der Waals surface area contributed by atoms with Gasteiger partial charge in [-0.3, -0.25) is 4.79 Å². The van der Waals surface area contributed by atoms with E-state index in [1.807, 2.05) is 0 Å². The van der Waals surface area contributed by atoms with Crippen LogP contribution in [0.3, 0.4) is 0 Å². The van der Waals surface area contributed by atoms with Crippen molar-refractivity contribution in [3.05, 3.63) is 17.3 Å². The fourth-order valence-electron chi connectivity index (χ4n) is 1.39. The molecule has 112 valence electrons. The van der Waals surface area contributed by atoms with Gasteiger partial charge in [0.1, 0.15) is 0 Å². The molecule has 0 unspecified atom stereocenters. The molecule has 0 amide bonds. The van der Waals surface area contributed by atoms with Crippen molar-refractivity contribution in [1.29, 1.82) is 0 Å². The number of nitrogens with zero attached hydrogens (tertiary/aromatic N) is 1. The van der Waals surface area contributed by atoms with Gasteiger partial charge in [-0.1, -0.05) is 0 Å². The van der Waals surface area contributed by atoms with E-state index >= 15 is 0 Å². The van der Waals surface area contributed by atoms with E-state index in [1.165, 1.54) is 13.2 Å². The highest BCUT2D eigenvalue weighted by Crippen LogP contribution is 2.33. The van der Waals surface area contributed by atoms with E-state index in [0.29, 0.717) is 0 Å². The third-order valence-electron chi connectivity index (χ3n) is 2.21.